The van der Waals surface area contributed by atoms with Gasteiger partial charge in [0.2, 0.25) is 0 Å². The molecule has 0 saturated heterocycles. The van der Waals surface area contributed by atoms with E-state index in [0.29, 0.717) is 24.3 Å². The number of nitrogens with one attached hydrogen (secondary N) is 1. The summed E-state index contributed by atoms with van der Waals surface area (Å²) in [4.78, 5) is 29.1. The van der Waals surface area contributed by atoms with E-state index in [2.05, 4.69) is 50.4 Å². The lowest BCUT2D eigenvalue weighted by Crippen LogP contribution is -2.32. The summed E-state index contributed by atoms with van der Waals surface area (Å²) in [6.07, 6.45) is 1.96. The van der Waals surface area contributed by atoms with Crippen LogP contribution in [0.2, 0.25) is 0 Å². The highest BCUT2D eigenvalue weighted by Crippen LogP contribution is 2.31. The second-order valence-electron chi connectivity index (χ2n) is 11.0. The van der Waals surface area contributed by atoms with E-state index in [1.807, 2.05) is 102 Å². The Bertz CT molecular complexity index is 1750. The molecule has 0 bridgehead atoms. The molecule has 5 rings (SSSR count). The maximum atomic E-state index is 14.2. The number of benzene rings is 3. The third-order valence-corrected chi connectivity index (χ3v) is 8.14. The molecule has 42 heavy (non-hydrogen) atoms. The van der Waals surface area contributed by atoms with Gasteiger partial charge in [-0.2, -0.15) is 0 Å². The summed E-state index contributed by atoms with van der Waals surface area (Å²) in [6, 6.07) is 27.9. The number of rotatable bonds is 8. The number of aromatic nitrogens is 2. The van der Waals surface area contributed by atoms with E-state index in [1.54, 1.807) is 0 Å². The van der Waals surface area contributed by atoms with Crippen LogP contribution in [0, 0.1) is 27.7 Å². The Morgan fingerprint density at radius 3 is 2.12 bits per heavy atom. The van der Waals surface area contributed by atoms with Crippen LogP contribution in [0.4, 0.5) is 5.69 Å². The van der Waals surface area contributed by atoms with Gasteiger partial charge >= 0.3 is 0 Å². The van der Waals surface area contributed by atoms with Crippen molar-refractivity contribution in [1.82, 2.24) is 14.5 Å². The molecular formula is C36H38N4O2. The van der Waals surface area contributed by atoms with Gasteiger partial charge in [0.05, 0.1) is 13.1 Å². The van der Waals surface area contributed by atoms with Gasteiger partial charge in [0.25, 0.3) is 11.8 Å². The van der Waals surface area contributed by atoms with E-state index < -0.39 is 0 Å². The van der Waals surface area contributed by atoms with E-state index in [0.717, 1.165) is 33.8 Å². The zero-order valence-corrected chi connectivity index (χ0v) is 25.2. The minimum Gasteiger partial charge on any atom is -0.353 e. The van der Waals surface area contributed by atoms with Crippen LogP contribution in [0.15, 0.2) is 91.1 Å². The predicted octanol–water partition coefficient (Wildman–Crippen LogP) is 7.04. The zero-order chi connectivity index (χ0) is 30.0. The van der Waals surface area contributed by atoms with E-state index in [1.165, 1.54) is 16.7 Å². The minimum atomic E-state index is -0.156. The Hall–Kier alpha value is -4.84. The minimum absolute atomic E-state index is 0.0867. The van der Waals surface area contributed by atoms with Gasteiger partial charge in [0.1, 0.15) is 5.69 Å². The summed E-state index contributed by atoms with van der Waals surface area (Å²) in [5.41, 5.74) is 10.7. The maximum absolute atomic E-state index is 14.2. The lowest BCUT2D eigenvalue weighted by molar-refractivity contribution is 0.0941. The van der Waals surface area contributed by atoms with Crippen molar-refractivity contribution in [2.45, 2.75) is 40.8 Å². The topological polar surface area (TPSA) is 59.3 Å². The highest BCUT2D eigenvalue weighted by Gasteiger charge is 2.23. The van der Waals surface area contributed by atoms with Crippen molar-refractivity contribution in [3.05, 3.63) is 136 Å². The van der Waals surface area contributed by atoms with Crippen molar-refractivity contribution in [2.75, 3.05) is 4.90 Å². The number of hydrogen-bond acceptors (Lipinski definition) is 2. The lowest BCUT2D eigenvalue weighted by Gasteiger charge is -2.26. The molecule has 0 aliphatic rings. The summed E-state index contributed by atoms with van der Waals surface area (Å²) in [5.74, 6) is -0.243. The second kappa shape index (κ2) is 12.0. The van der Waals surface area contributed by atoms with Crippen LogP contribution >= 0.6 is 0 Å². The van der Waals surface area contributed by atoms with Crippen molar-refractivity contribution >= 4 is 17.5 Å². The largest absolute Gasteiger partial charge is 0.353 e. The first-order chi connectivity index (χ1) is 20.2. The van der Waals surface area contributed by atoms with Crippen LogP contribution in [0.5, 0.6) is 0 Å². The van der Waals surface area contributed by atoms with Gasteiger partial charge in [-0.15, -0.1) is 0 Å². The Kier molecular flexibility index (Phi) is 8.16. The Morgan fingerprint density at radius 2 is 1.45 bits per heavy atom. The molecule has 2 heterocycles. The zero-order valence-electron chi connectivity index (χ0n) is 25.2. The first-order valence-electron chi connectivity index (χ1n) is 14.2. The third kappa shape index (κ3) is 5.66. The molecule has 5 aromatic rings. The molecule has 0 unspecified atom stereocenters. The summed E-state index contributed by atoms with van der Waals surface area (Å²) in [5, 5.41) is 3.01. The second-order valence-corrected chi connectivity index (χ2v) is 11.0. The number of carbonyl (C=O) groups is 2. The predicted molar refractivity (Wildman–Crippen MR) is 170 cm³/mol. The average molecular weight is 559 g/mol. The number of aryl methyl sites for hydroxylation is 5. The third-order valence-electron chi connectivity index (χ3n) is 8.14. The van der Waals surface area contributed by atoms with Gasteiger partial charge in [0.15, 0.2) is 0 Å². The molecule has 214 valence electrons. The first kappa shape index (κ1) is 28.7. The van der Waals surface area contributed by atoms with Crippen LogP contribution in [0.1, 0.15) is 54.5 Å². The molecule has 3 aromatic carbocycles. The van der Waals surface area contributed by atoms with Crippen LogP contribution < -0.4 is 10.2 Å². The van der Waals surface area contributed by atoms with Crippen LogP contribution in [0.3, 0.4) is 0 Å². The van der Waals surface area contributed by atoms with Gasteiger partial charge in [0, 0.05) is 42.9 Å². The smallest absolute Gasteiger partial charge is 0.268 e. The molecule has 0 fully saturated rings. The fraction of sp³-hybridized carbons (Fsp3) is 0.222. The van der Waals surface area contributed by atoms with Crippen LogP contribution in [0.25, 0.3) is 11.1 Å². The molecule has 6 nitrogen and oxygen atoms in total. The molecule has 0 radical (unpaired) electrons. The number of carbonyl (C=O) groups excluding carboxylic acids is 2. The van der Waals surface area contributed by atoms with Gasteiger partial charge in [-0.1, -0.05) is 42.5 Å². The van der Waals surface area contributed by atoms with Crippen molar-refractivity contribution in [3.63, 3.8) is 0 Å². The maximum Gasteiger partial charge on any atom is 0.268 e. The molecule has 6 heteroatoms. The van der Waals surface area contributed by atoms with Gasteiger partial charge < -0.3 is 19.4 Å². The molecule has 0 atom stereocenters. The summed E-state index contributed by atoms with van der Waals surface area (Å²) in [7, 11) is 3.83. The highest BCUT2D eigenvalue weighted by atomic mass is 16.2. The van der Waals surface area contributed by atoms with Gasteiger partial charge in [-0.25, -0.2) is 0 Å². The highest BCUT2D eigenvalue weighted by molar-refractivity contribution is 6.07. The van der Waals surface area contributed by atoms with E-state index in [-0.39, 0.29) is 11.8 Å². The van der Waals surface area contributed by atoms with E-state index in [4.69, 9.17) is 0 Å². The lowest BCUT2D eigenvalue weighted by atomic mass is 9.91. The number of para-hydroxylation sites is 1. The Balaban J connectivity index is 1.44. The Morgan fingerprint density at radius 1 is 0.738 bits per heavy atom. The molecule has 0 aliphatic carbocycles. The SMILES string of the molecule is Cc1cc(C(=O)N(Cc2ccc(C(=O)NCc3cccn3C)n2C)c2ccccc2C)ccc1-c1c(C)cccc1C. The normalized spacial score (nSPS) is 11.0. The van der Waals surface area contributed by atoms with E-state index in [9.17, 15) is 9.59 Å². The van der Waals surface area contributed by atoms with Crippen LogP contribution in [-0.4, -0.2) is 20.9 Å². The van der Waals surface area contributed by atoms with E-state index >= 15 is 0 Å². The van der Waals surface area contributed by atoms with Crippen molar-refractivity contribution in [3.8, 4) is 11.1 Å². The summed E-state index contributed by atoms with van der Waals surface area (Å²) in [6.45, 7) is 9.08. The van der Waals surface area contributed by atoms with Gasteiger partial charge in [-0.3, -0.25) is 9.59 Å². The summed E-state index contributed by atoms with van der Waals surface area (Å²) < 4.78 is 3.85. The fourth-order valence-corrected chi connectivity index (χ4v) is 5.65. The molecule has 0 spiro atoms. The first-order valence-corrected chi connectivity index (χ1v) is 14.2. The molecule has 0 saturated carbocycles. The Labute approximate surface area is 248 Å². The number of nitrogens with zero attached hydrogens (tertiary/aromatic N) is 3. The van der Waals surface area contributed by atoms with Crippen molar-refractivity contribution in [2.24, 2.45) is 14.1 Å². The monoisotopic (exact) mass is 558 g/mol. The average Bonchev–Trinajstić information content (AvgIpc) is 3.55. The number of hydrogen-bond donors (Lipinski definition) is 1. The standard InChI is InChI=1S/C36H38N4O2/c1-24-11-7-8-15-32(24)40(23-30-17-19-33(39(30)6)35(41)37-22-29-14-10-20-38(29)5)36(42)28-16-18-31(27(4)21-28)34-25(2)12-9-13-26(34)3/h7-21H,22-23H2,1-6H3,(H,37,41). The number of amides is 2. The molecule has 0 aliphatic heterocycles. The van der Waals surface area contributed by atoms with Crippen molar-refractivity contribution in [1.29, 1.82) is 0 Å². The molecular weight excluding hydrogens is 520 g/mol. The quantitative estimate of drug-likeness (QED) is 0.222. The molecule has 1 N–H and O–H groups in total. The van der Waals surface area contributed by atoms with Gasteiger partial charge in [-0.05, 0) is 104 Å². The summed E-state index contributed by atoms with van der Waals surface area (Å²) >= 11 is 0. The molecule has 2 amide bonds. The number of anilines is 1. The van der Waals surface area contributed by atoms with Crippen molar-refractivity contribution < 1.29 is 9.59 Å². The fourth-order valence-electron chi connectivity index (χ4n) is 5.65. The molecule has 2 aromatic heterocycles. The van der Waals surface area contributed by atoms with Crippen LogP contribution in [-0.2, 0) is 27.2 Å².